The van der Waals surface area contributed by atoms with E-state index in [2.05, 4.69) is 6.08 Å². The van der Waals surface area contributed by atoms with Gasteiger partial charge in [-0.1, -0.05) is 25.2 Å². The first-order valence-electron chi connectivity index (χ1n) is 7.49. The lowest BCUT2D eigenvalue weighted by atomic mass is 9.53. The molecule has 0 spiro atoms. The molecule has 5 atom stereocenters. The van der Waals surface area contributed by atoms with E-state index in [1.165, 1.54) is 7.11 Å². The van der Waals surface area contributed by atoms with Gasteiger partial charge in [-0.2, -0.15) is 0 Å². The quantitative estimate of drug-likeness (QED) is 0.744. The molecule has 0 radical (unpaired) electrons. The van der Waals surface area contributed by atoms with Crippen LogP contribution < -0.4 is 0 Å². The lowest BCUT2D eigenvalue weighted by molar-refractivity contribution is -0.243. The molecule has 1 aliphatic heterocycles. The fraction of sp³-hybridized carbons (Fsp3) is 0.647. The van der Waals surface area contributed by atoms with E-state index in [1.54, 1.807) is 0 Å². The van der Waals surface area contributed by atoms with E-state index in [4.69, 9.17) is 9.47 Å². The minimum atomic E-state index is -0.847. The normalized spacial score (nSPS) is 45.9. The van der Waals surface area contributed by atoms with Crippen LogP contribution in [0.5, 0.6) is 0 Å². The second-order valence-electron chi connectivity index (χ2n) is 6.80. The first-order valence-corrected chi connectivity index (χ1v) is 7.49. The van der Waals surface area contributed by atoms with Crippen LogP contribution in [0.15, 0.2) is 23.8 Å². The number of fused-ring (bicyclic) bond motifs is 3. The van der Waals surface area contributed by atoms with Gasteiger partial charge in [0.25, 0.3) is 0 Å². The summed E-state index contributed by atoms with van der Waals surface area (Å²) in [5.74, 6) is 0.0267. The fourth-order valence-corrected chi connectivity index (χ4v) is 4.04. The Kier molecular flexibility index (Phi) is 3.22. The van der Waals surface area contributed by atoms with Crippen molar-refractivity contribution in [2.45, 2.75) is 45.5 Å². The van der Waals surface area contributed by atoms with Gasteiger partial charge in [0.1, 0.15) is 17.2 Å². The zero-order chi connectivity index (χ0) is 15.4. The Labute approximate surface area is 125 Å². The molecule has 0 saturated carbocycles. The maximum absolute atomic E-state index is 12.8. The standard InChI is InChI=1S/C17H22O4/c1-10-7-11-5-6-16(2)17(3,15(11)12(18)8-10)13(19)9-14(20-4)21-16/h5-7,10,14-15H,8-9H2,1-4H3/t10-,14-,15-,16-,17-/m1/s1. The number of methoxy groups -OCH3 is 1. The van der Waals surface area contributed by atoms with Gasteiger partial charge in [0, 0.05) is 13.5 Å². The summed E-state index contributed by atoms with van der Waals surface area (Å²) in [5, 5.41) is 0. The molecule has 114 valence electrons. The highest BCUT2D eigenvalue weighted by Gasteiger charge is 2.62. The van der Waals surface area contributed by atoms with Gasteiger partial charge in [0.05, 0.1) is 17.8 Å². The molecule has 0 aromatic rings. The van der Waals surface area contributed by atoms with E-state index in [-0.39, 0.29) is 23.9 Å². The topological polar surface area (TPSA) is 52.6 Å². The average Bonchev–Trinajstić information content (AvgIpc) is 2.40. The van der Waals surface area contributed by atoms with Gasteiger partial charge in [-0.25, -0.2) is 0 Å². The smallest absolute Gasteiger partial charge is 0.165 e. The molecule has 4 heteroatoms. The van der Waals surface area contributed by atoms with Gasteiger partial charge in [0.2, 0.25) is 0 Å². The third-order valence-corrected chi connectivity index (χ3v) is 5.43. The molecule has 3 rings (SSSR count). The predicted octanol–water partition coefficient (Wildman–Crippen LogP) is 2.43. The van der Waals surface area contributed by atoms with Crippen molar-refractivity contribution in [3.8, 4) is 0 Å². The highest BCUT2D eigenvalue weighted by Crippen LogP contribution is 2.55. The number of carbonyl (C=O) groups is 2. The lowest BCUT2D eigenvalue weighted by Crippen LogP contribution is -2.63. The van der Waals surface area contributed by atoms with Crippen LogP contribution in [-0.2, 0) is 19.1 Å². The largest absolute Gasteiger partial charge is 0.355 e. The molecule has 1 heterocycles. The summed E-state index contributed by atoms with van der Waals surface area (Å²) in [4.78, 5) is 25.5. The minimum absolute atomic E-state index is 0.0475. The molecule has 1 saturated heterocycles. The van der Waals surface area contributed by atoms with Crippen LogP contribution in [-0.4, -0.2) is 30.6 Å². The molecule has 1 fully saturated rings. The van der Waals surface area contributed by atoms with E-state index < -0.39 is 23.2 Å². The zero-order valence-electron chi connectivity index (χ0n) is 13.0. The summed E-state index contributed by atoms with van der Waals surface area (Å²) in [5.41, 5.74) is -0.687. The minimum Gasteiger partial charge on any atom is -0.355 e. The average molecular weight is 290 g/mol. The van der Waals surface area contributed by atoms with Crippen molar-refractivity contribution in [2.24, 2.45) is 17.3 Å². The Morgan fingerprint density at radius 2 is 2.00 bits per heavy atom. The van der Waals surface area contributed by atoms with Crippen LogP contribution in [0.4, 0.5) is 0 Å². The second kappa shape index (κ2) is 4.62. The Bertz CT molecular complexity index is 561. The molecule has 0 amide bonds. The monoisotopic (exact) mass is 290 g/mol. The number of hydrogen-bond acceptors (Lipinski definition) is 4. The van der Waals surface area contributed by atoms with Crippen molar-refractivity contribution in [1.29, 1.82) is 0 Å². The third kappa shape index (κ3) is 1.89. The molecule has 3 aliphatic rings. The van der Waals surface area contributed by atoms with Crippen molar-refractivity contribution in [3.05, 3.63) is 23.8 Å². The molecule has 0 aromatic heterocycles. The van der Waals surface area contributed by atoms with E-state index in [0.717, 1.165) is 5.57 Å². The number of hydrogen-bond donors (Lipinski definition) is 0. The Hall–Kier alpha value is -1.26. The van der Waals surface area contributed by atoms with Crippen LogP contribution in [0.1, 0.15) is 33.6 Å². The first kappa shape index (κ1) is 14.7. The van der Waals surface area contributed by atoms with Gasteiger partial charge in [-0.05, 0) is 25.3 Å². The van der Waals surface area contributed by atoms with Gasteiger partial charge >= 0.3 is 0 Å². The van der Waals surface area contributed by atoms with Crippen molar-refractivity contribution in [3.63, 3.8) is 0 Å². The molecular weight excluding hydrogens is 268 g/mol. The molecule has 2 aliphatic carbocycles. The Morgan fingerprint density at radius 1 is 1.29 bits per heavy atom. The second-order valence-corrected chi connectivity index (χ2v) is 6.80. The van der Waals surface area contributed by atoms with Crippen LogP contribution in [0.3, 0.4) is 0 Å². The molecule has 0 aromatic carbocycles. The number of ketones is 2. The van der Waals surface area contributed by atoms with Crippen molar-refractivity contribution in [2.75, 3.05) is 7.11 Å². The van der Waals surface area contributed by atoms with E-state index in [1.807, 2.05) is 32.9 Å². The molecule has 0 bridgehead atoms. The van der Waals surface area contributed by atoms with Gasteiger partial charge in [-0.15, -0.1) is 0 Å². The maximum atomic E-state index is 12.8. The van der Waals surface area contributed by atoms with E-state index in [0.29, 0.717) is 6.42 Å². The predicted molar refractivity (Wildman–Crippen MR) is 77.5 cm³/mol. The highest BCUT2D eigenvalue weighted by atomic mass is 16.7. The maximum Gasteiger partial charge on any atom is 0.165 e. The summed E-state index contributed by atoms with van der Waals surface area (Å²) >= 11 is 0. The highest BCUT2D eigenvalue weighted by molar-refractivity contribution is 5.98. The van der Waals surface area contributed by atoms with Crippen molar-refractivity contribution < 1.29 is 19.1 Å². The number of rotatable bonds is 1. The molecule has 21 heavy (non-hydrogen) atoms. The number of carbonyl (C=O) groups excluding carboxylic acids is 2. The zero-order valence-corrected chi connectivity index (χ0v) is 13.0. The van der Waals surface area contributed by atoms with Gasteiger partial charge < -0.3 is 9.47 Å². The summed E-state index contributed by atoms with van der Waals surface area (Å²) < 4.78 is 11.2. The van der Waals surface area contributed by atoms with E-state index in [9.17, 15) is 9.59 Å². The molecular formula is C17H22O4. The summed E-state index contributed by atoms with van der Waals surface area (Å²) in [6, 6.07) is 0. The summed E-state index contributed by atoms with van der Waals surface area (Å²) in [7, 11) is 1.54. The van der Waals surface area contributed by atoms with Crippen LogP contribution >= 0.6 is 0 Å². The summed E-state index contributed by atoms with van der Waals surface area (Å²) in [6.07, 6.45) is 6.14. The van der Waals surface area contributed by atoms with Crippen LogP contribution in [0, 0.1) is 17.3 Å². The number of Topliss-reactive ketones (excluding diaryl/α,β-unsaturated/α-hetero) is 2. The first-order chi connectivity index (χ1) is 9.81. The summed E-state index contributed by atoms with van der Waals surface area (Å²) in [6.45, 7) is 5.79. The fourth-order valence-electron chi connectivity index (χ4n) is 4.04. The molecule has 0 N–H and O–H groups in total. The van der Waals surface area contributed by atoms with Crippen molar-refractivity contribution >= 4 is 11.6 Å². The van der Waals surface area contributed by atoms with Crippen LogP contribution in [0.25, 0.3) is 0 Å². The van der Waals surface area contributed by atoms with Gasteiger partial charge in [-0.3, -0.25) is 9.59 Å². The Morgan fingerprint density at radius 3 is 2.67 bits per heavy atom. The lowest BCUT2D eigenvalue weighted by Gasteiger charge is -2.55. The number of ether oxygens (including phenoxy) is 2. The third-order valence-electron chi connectivity index (χ3n) is 5.43. The number of allylic oxidation sites excluding steroid dienone is 3. The van der Waals surface area contributed by atoms with Gasteiger partial charge in [0.15, 0.2) is 6.29 Å². The Balaban J connectivity index is 2.14. The van der Waals surface area contributed by atoms with Crippen LogP contribution in [0.2, 0.25) is 0 Å². The van der Waals surface area contributed by atoms with Crippen molar-refractivity contribution in [1.82, 2.24) is 0 Å². The van der Waals surface area contributed by atoms with E-state index >= 15 is 0 Å². The SMILES string of the molecule is CO[C@H]1CC(=O)[C@]2(C)[C@H]3C(=O)C[C@H](C)C=C3C=C[C@@]2(C)O1. The molecule has 0 unspecified atom stereocenters. The molecule has 4 nitrogen and oxygen atoms in total.